The second kappa shape index (κ2) is 5.21. The summed E-state index contributed by atoms with van der Waals surface area (Å²) < 4.78 is 23.7. The summed E-state index contributed by atoms with van der Waals surface area (Å²) in [5, 5.41) is 17.1. The maximum absolute atomic E-state index is 11.8. The Hall–Kier alpha value is -0.485. The van der Waals surface area contributed by atoms with Crippen molar-refractivity contribution < 1.29 is 18.8 Å². The zero-order valence-corrected chi connectivity index (χ0v) is 6.98. The Morgan fingerprint density at radius 2 is 1.83 bits per heavy atom. The van der Waals surface area contributed by atoms with E-state index in [0.717, 1.165) is 6.21 Å². The Balaban J connectivity index is 3.89. The molecule has 0 bridgehead atoms. The Morgan fingerprint density at radius 3 is 2.17 bits per heavy atom. The molecule has 0 radical (unpaired) electrons. The van der Waals surface area contributed by atoms with Gasteiger partial charge in [0.1, 0.15) is 6.04 Å². The smallest absolute Gasteiger partial charge is 0.427 e. The van der Waals surface area contributed by atoms with Crippen LogP contribution in [0.1, 0.15) is 13.8 Å². The first-order chi connectivity index (χ1) is 5.45. The van der Waals surface area contributed by atoms with E-state index in [1.54, 1.807) is 0 Å². The van der Waals surface area contributed by atoms with E-state index >= 15 is 0 Å². The summed E-state index contributed by atoms with van der Waals surface area (Å²) in [7, 11) is -1.54. The van der Waals surface area contributed by atoms with Crippen LogP contribution in [0.5, 0.6) is 0 Å². The minimum atomic E-state index is -2.51. The van der Waals surface area contributed by atoms with Gasteiger partial charge in [-0.25, -0.2) is 8.78 Å². The van der Waals surface area contributed by atoms with Crippen LogP contribution in [0.2, 0.25) is 5.82 Å². The van der Waals surface area contributed by atoms with Gasteiger partial charge in [-0.3, -0.25) is 4.99 Å². The van der Waals surface area contributed by atoms with E-state index in [4.69, 9.17) is 10.0 Å². The fraction of sp³-hybridized carbons (Fsp3) is 0.833. The molecule has 0 saturated carbocycles. The van der Waals surface area contributed by atoms with Crippen molar-refractivity contribution in [1.29, 1.82) is 0 Å². The number of hydrogen-bond donors (Lipinski definition) is 2. The van der Waals surface area contributed by atoms with Gasteiger partial charge >= 0.3 is 7.12 Å². The maximum atomic E-state index is 11.8. The molecular weight excluding hydrogens is 167 g/mol. The molecule has 0 aliphatic rings. The average Bonchev–Trinajstić information content (AvgIpc) is 1.98. The highest BCUT2D eigenvalue weighted by molar-refractivity contribution is 6.47. The van der Waals surface area contributed by atoms with E-state index in [1.807, 2.05) is 0 Å². The van der Waals surface area contributed by atoms with Crippen LogP contribution in [0.25, 0.3) is 0 Å². The predicted octanol–water partition coefficient (Wildman–Crippen LogP) is 0.574. The van der Waals surface area contributed by atoms with Gasteiger partial charge in [0.15, 0.2) is 0 Å². The highest BCUT2D eigenvalue weighted by Gasteiger charge is 2.17. The van der Waals surface area contributed by atoms with Crippen molar-refractivity contribution in [3.05, 3.63) is 0 Å². The minimum absolute atomic E-state index is 0.619. The van der Waals surface area contributed by atoms with E-state index in [-0.39, 0.29) is 0 Å². The molecule has 2 unspecified atom stereocenters. The molecule has 2 atom stereocenters. The summed E-state index contributed by atoms with van der Waals surface area (Å²) in [6, 6.07) is -1.09. The standard InChI is InChI=1S/C6H12BF2NO2/c1-4(7(11)12)3-10-5(2)6(8)9/h3-6,11-12H,1-2H3. The Bertz CT molecular complexity index is 138. The number of aliphatic imine (C=N–C) groups is 1. The summed E-state index contributed by atoms with van der Waals surface area (Å²) in [6.07, 6.45) is -1.38. The number of hydrogen-bond acceptors (Lipinski definition) is 3. The molecule has 0 heterocycles. The van der Waals surface area contributed by atoms with Crippen LogP contribution in [-0.4, -0.2) is 35.8 Å². The first kappa shape index (κ1) is 11.5. The topological polar surface area (TPSA) is 52.8 Å². The molecule has 12 heavy (non-hydrogen) atoms. The molecule has 0 aliphatic carbocycles. The second-order valence-electron chi connectivity index (χ2n) is 2.65. The second-order valence-corrected chi connectivity index (χ2v) is 2.65. The van der Waals surface area contributed by atoms with Crippen molar-refractivity contribution in [3.63, 3.8) is 0 Å². The van der Waals surface area contributed by atoms with E-state index < -0.39 is 25.4 Å². The number of nitrogens with zero attached hydrogens (tertiary/aromatic N) is 1. The van der Waals surface area contributed by atoms with Gasteiger partial charge in [-0.1, -0.05) is 6.92 Å². The lowest BCUT2D eigenvalue weighted by atomic mass is 9.75. The van der Waals surface area contributed by atoms with Crippen LogP contribution in [0.15, 0.2) is 4.99 Å². The van der Waals surface area contributed by atoms with Gasteiger partial charge in [0.05, 0.1) is 0 Å². The molecule has 70 valence electrons. The minimum Gasteiger partial charge on any atom is -0.427 e. The molecule has 0 amide bonds. The maximum Gasteiger partial charge on any atom is 0.460 e. The number of alkyl halides is 2. The van der Waals surface area contributed by atoms with E-state index in [9.17, 15) is 8.78 Å². The summed E-state index contributed by atoms with van der Waals surface area (Å²) >= 11 is 0. The molecule has 0 aromatic heterocycles. The Kier molecular flexibility index (Phi) is 5.00. The van der Waals surface area contributed by atoms with E-state index in [2.05, 4.69) is 4.99 Å². The summed E-state index contributed by atoms with van der Waals surface area (Å²) in [5.74, 6) is -0.619. The van der Waals surface area contributed by atoms with Crippen LogP contribution < -0.4 is 0 Å². The first-order valence-corrected chi connectivity index (χ1v) is 3.62. The van der Waals surface area contributed by atoms with Gasteiger partial charge in [-0.15, -0.1) is 0 Å². The molecule has 3 nitrogen and oxygen atoms in total. The third kappa shape index (κ3) is 4.40. The van der Waals surface area contributed by atoms with Gasteiger partial charge in [-0.05, 0) is 6.92 Å². The van der Waals surface area contributed by atoms with Gasteiger partial charge in [0.25, 0.3) is 6.43 Å². The SMILES string of the molecule is CC(C=NC(C)C(F)F)B(O)O. The quantitative estimate of drug-likeness (QED) is 0.489. The van der Waals surface area contributed by atoms with Crippen molar-refractivity contribution in [2.45, 2.75) is 32.1 Å². The Morgan fingerprint density at radius 1 is 1.33 bits per heavy atom. The summed E-state index contributed by atoms with van der Waals surface area (Å²) in [4.78, 5) is 3.45. The van der Waals surface area contributed by atoms with Gasteiger partial charge in [0, 0.05) is 12.0 Å². The molecule has 0 aromatic carbocycles. The largest absolute Gasteiger partial charge is 0.460 e. The van der Waals surface area contributed by atoms with Crippen molar-refractivity contribution in [2.24, 2.45) is 4.99 Å². The highest BCUT2D eigenvalue weighted by atomic mass is 19.3. The lowest BCUT2D eigenvalue weighted by molar-refractivity contribution is 0.124. The monoisotopic (exact) mass is 179 g/mol. The molecule has 0 rings (SSSR count). The van der Waals surface area contributed by atoms with Crippen LogP contribution in [0.4, 0.5) is 8.78 Å². The third-order valence-electron chi connectivity index (χ3n) is 1.39. The number of halogens is 2. The lowest BCUT2D eigenvalue weighted by Crippen LogP contribution is -2.20. The predicted molar refractivity (Wildman–Crippen MR) is 43.6 cm³/mol. The fourth-order valence-electron chi connectivity index (χ4n) is 0.414. The molecule has 0 aromatic rings. The molecule has 6 heteroatoms. The molecule has 0 aliphatic heterocycles. The zero-order chi connectivity index (χ0) is 9.72. The molecule has 0 spiro atoms. The highest BCUT2D eigenvalue weighted by Crippen LogP contribution is 2.06. The normalized spacial score (nSPS) is 16.9. The van der Waals surface area contributed by atoms with Gasteiger partial charge in [-0.2, -0.15) is 0 Å². The molecule has 2 N–H and O–H groups in total. The van der Waals surface area contributed by atoms with Gasteiger partial charge in [0.2, 0.25) is 0 Å². The van der Waals surface area contributed by atoms with E-state index in [1.165, 1.54) is 13.8 Å². The lowest BCUT2D eigenvalue weighted by Gasteiger charge is -2.06. The van der Waals surface area contributed by atoms with Crippen molar-refractivity contribution in [2.75, 3.05) is 0 Å². The van der Waals surface area contributed by atoms with Gasteiger partial charge < -0.3 is 10.0 Å². The molecule has 0 saturated heterocycles. The summed E-state index contributed by atoms with van der Waals surface area (Å²) in [6.45, 7) is 2.74. The van der Waals surface area contributed by atoms with Crippen LogP contribution in [0, 0.1) is 0 Å². The van der Waals surface area contributed by atoms with Crippen molar-refractivity contribution in [1.82, 2.24) is 0 Å². The van der Waals surface area contributed by atoms with Crippen LogP contribution in [0.3, 0.4) is 0 Å². The third-order valence-corrected chi connectivity index (χ3v) is 1.39. The van der Waals surface area contributed by atoms with Crippen LogP contribution >= 0.6 is 0 Å². The van der Waals surface area contributed by atoms with E-state index in [0.29, 0.717) is 0 Å². The summed E-state index contributed by atoms with van der Waals surface area (Å²) in [5.41, 5.74) is 0. The van der Waals surface area contributed by atoms with Crippen molar-refractivity contribution in [3.8, 4) is 0 Å². The van der Waals surface area contributed by atoms with Crippen molar-refractivity contribution >= 4 is 13.3 Å². The number of rotatable bonds is 4. The Labute approximate surface area is 70.3 Å². The average molecular weight is 179 g/mol. The fourth-order valence-corrected chi connectivity index (χ4v) is 0.414. The first-order valence-electron chi connectivity index (χ1n) is 3.62. The molecular formula is C6H12BF2NO2. The molecule has 0 fully saturated rings. The zero-order valence-electron chi connectivity index (χ0n) is 6.98. The van der Waals surface area contributed by atoms with Crippen LogP contribution in [-0.2, 0) is 0 Å².